The maximum Gasteiger partial charge on any atom is 0.231 e. The molecule has 1 fully saturated rings. The van der Waals surface area contributed by atoms with Gasteiger partial charge in [0.1, 0.15) is 5.75 Å². The number of terminal acetylenes is 1. The molecule has 0 unspecified atom stereocenters. The first-order valence-corrected chi connectivity index (χ1v) is 6.10. The van der Waals surface area contributed by atoms with E-state index in [-0.39, 0.29) is 0 Å². The Balaban J connectivity index is 2.27. The second kappa shape index (κ2) is 6.06. The molecule has 1 aromatic carbocycles. The Morgan fingerprint density at radius 3 is 2.55 bits per heavy atom. The van der Waals surface area contributed by atoms with Crippen LogP contribution in [-0.4, -0.2) is 44.6 Å². The van der Waals surface area contributed by atoms with Crippen LogP contribution in [0.2, 0.25) is 0 Å². The van der Waals surface area contributed by atoms with Crippen LogP contribution in [0.5, 0.6) is 5.75 Å². The molecule has 0 aliphatic carbocycles. The van der Waals surface area contributed by atoms with Crippen molar-refractivity contribution in [1.29, 1.82) is 0 Å². The summed E-state index contributed by atoms with van der Waals surface area (Å²) in [5.41, 5.74) is -1.30. The van der Waals surface area contributed by atoms with E-state index in [2.05, 4.69) is 5.92 Å². The quantitative estimate of drug-likeness (QED) is 0.594. The lowest BCUT2D eigenvalue weighted by atomic mass is 9.93. The molecule has 0 aromatic heterocycles. The van der Waals surface area contributed by atoms with E-state index < -0.39 is 24.1 Å². The highest BCUT2D eigenvalue weighted by Gasteiger charge is 2.58. The highest BCUT2D eigenvalue weighted by Crippen LogP contribution is 2.35. The Hall–Kier alpha value is -1.87. The fourth-order valence-electron chi connectivity index (χ4n) is 2.28. The first kappa shape index (κ1) is 14.5. The second-order valence-corrected chi connectivity index (χ2v) is 4.29. The van der Waals surface area contributed by atoms with Gasteiger partial charge >= 0.3 is 0 Å². The summed E-state index contributed by atoms with van der Waals surface area (Å²) in [6, 6.07) is 9.07. The fraction of sp³-hybridized carbons (Fsp3) is 0.400. The van der Waals surface area contributed by atoms with Crippen molar-refractivity contribution in [3.8, 4) is 18.1 Å². The summed E-state index contributed by atoms with van der Waals surface area (Å²) < 4.78 is 21.9. The van der Waals surface area contributed by atoms with Crippen molar-refractivity contribution in [3.05, 3.63) is 30.3 Å². The molecule has 2 rings (SSSR count). The number of carbonyl (C=O) groups excluding carboxylic acids is 1. The molecule has 0 amide bonds. The molecule has 5 heteroatoms. The van der Waals surface area contributed by atoms with Crippen LogP contribution in [0.25, 0.3) is 0 Å². The van der Waals surface area contributed by atoms with Gasteiger partial charge in [-0.3, -0.25) is 0 Å². The lowest BCUT2D eigenvalue weighted by Crippen LogP contribution is -2.50. The summed E-state index contributed by atoms with van der Waals surface area (Å²) in [6.45, 7) is 0. The number of rotatable bonds is 5. The molecule has 20 heavy (non-hydrogen) atoms. The van der Waals surface area contributed by atoms with E-state index in [1.54, 1.807) is 12.1 Å². The van der Waals surface area contributed by atoms with Gasteiger partial charge in [-0.25, -0.2) is 0 Å². The monoisotopic (exact) mass is 276 g/mol. The van der Waals surface area contributed by atoms with Crippen LogP contribution in [0.1, 0.15) is 0 Å². The molecule has 0 N–H and O–H groups in total. The van der Waals surface area contributed by atoms with Crippen LogP contribution in [0.3, 0.4) is 0 Å². The zero-order chi connectivity index (χ0) is 14.6. The minimum absolute atomic E-state index is 0.591. The van der Waals surface area contributed by atoms with E-state index in [9.17, 15) is 4.79 Å². The number of para-hydroxylation sites is 1. The minimum atomic E-state index is -1.30. The molecule has 0 bridgehead atoms. The van der Waals surface area contributed by atoms with Crippen molar-refractivity contribution in [2.24, 2.45) is 0 Å². The number of hydrogen-bond acceptors (Lipinski definition) is 5. The Kier molecular flexibility index (Phi) is 4.40. The maximum absolute atomic E-state index is 11.2. The number of hydrogen-bond donors (Lipinski definition) is 0. The van der Waals surface area contributed by atoms with E-state index >= 15 is 0 Å². The highest BCUT2D eigenvalue weighted by molar-refractivity contribution is 5.62. The third-order valence-corrected chi connectivity index (χ3v) is 3.31. The molecular weight excluding hydrogens is 260 g/mol. The minimum Gasteiger partial charge on any atom is -0.462 e. The van der Waals surface area contributed by atoms with E-state index in [1.807, 2.05) is 18.2 Å². The van der Waals surface area contributed by atoms with Crippen molar-refractivity contribution in [2.45, 2.75) is 24.1 Å². The van der Waals surface area contributed by atoms with Gasteiger partial charge in [0.05, 0.1) is 0 Å². The van der Waals surface area contributed by atoms with Crippen LogP contribution in [-0.2, 0) is 19.0 Å². The van der Waals surface area contributed by atoms with Crippen molar-refractivity contribution < 1.29 is 23.7 Å². The van der Waals surface area contributed by atoms with E-state index in [1.165, 1.54) is 14.2 Å². The molecular formula is C15H16O5. The summed E-state index contributed by atoms with van der Waals surface area (Å²) in [6.07, 6.45) is 3.63. The van der Waals surface area contributed by atoms with Crippen molar-refractivity contribution in [2.75, 3.05) is 14.2 Å². The SMILES string of the molecule is C#C[C@@]1(OC)[C@@H](C=O)O[C@H](Oc2ccccc2)[C@@H]1OC. The third-order valence-electron chi connectivity index (χ3n) is 3.31. The summed E-state index contributed by atoms with van der Waals surface area (Å²) in [7, 11) is 2.88. The summed E-state index contributed by atoms with van der Waals surface area (Å²) in [5, 5.41) is 0. The lowest BCUT2D eigenvalue weighted by Gasteiger charge is -2.29. The molecule has 1 heterocycles. The largest absolute Gasteiger partial charge is 0.462 e. The van der Waals surface area contributed by atoms with Crippen LogP contribution in [0, 0.1) is 12.3 Å². The average molecular weight is 276 g/mol. The molecule has 1 saturated heterocycles. The number of carbonyl (C=O) groups is 1. The van der Waals surface area contributed by atoms with Crippen molar-refractivity contribution in [3.63, 3.8) is 0 Å². The smallest absolute Gasteiger partial charge is 0.231 e. The molecule has 1 aliphatic heterocycles. The van der Waals surface area contributed by atoms with Crippen LogP contribution in [0.4, 0.5) is 0 Å². The van der Waals surface area contributed by atoms with Gasteiger partial charge in [-0.2, -0.15) is 0 Å². The molecule has 0 radical (unpaired) electrons. The zero-order valence-corrected chi connectivity index (χ0v) is 11.3. The molecule has 5 nitrogen and oxygen atoms in total. The first-order valence-electron chi connectivity index (χ1n) is 6.10. The molecule has 106 valence electrons. The van der Waals surface area contributed by atoms with Crippen LogP contribution < -0.4 is 4.74 Å². The van der Waals surface area contributed by atoms with Gasteiger partial charge in [0.15, 0.2) is 24.1 Å². The Bertz CT molecular complexity index is 495. The third kappa shape index (κ3) is 2.29. The van der Waals surface area contributed by atoms with Gasteiger partial charge in [0, 0.05) is 14.2 Å². The summed E-state index contributed by atoms with van der Waals surface area (Å²) >= 11 is 0. The normalized spacial score (nSPS) is 32.5. The van der Waals surface area contributed by atoms with Crippen LogP contribution in [0.15, 0.2) is 30.3 Å². The number of ether oxygens (including phenoxy) is 4. The summed E-state index contributed by atoms with van der Waals surface area (Å²) in [5.74, 6) is 3.05. The molecule has 1 aliphatic rings. The predicted octanol–water partition coefficient (Wildman–Crippen LogP) is 1.02. The van der Waals surface area contributed by atoms with E-state index in [4.69, 9.17) is 25.4 Å². The zero-order valence-electron chi connectivity index (χ0n) is 11.3. The molecule has 1 aromatic rings. The predicted molar refractivity (Wildman–Crippen MR) is 71.2 cm³/mol. The second-order valence-electron chi connectivity index (χ2n) is 4.29. The van der Waals surface area contributed by atoms with E-state index in [0.29, 0.717) is 12.0 Å². The van der Waals surface area contributed by atoms with Gasteiger partial charge in [-0.05, 0) is 12.1 Å². The van der Waals surface area contributed by atoms with Gasteiger partial charge in [-0.1, -0.05) is 24.1 Å². The van der Waals surface area contributed by atoms with Crippen molar-refractivity contribution >= 4 is 6.29 Å². The molecule has 4 atom stereocenters. The Labute approximate surface area is 117 Å². The van der Waals surface area contributed by atoms with E-state index in [0.717, 1.165) is 0 Å². The highest BCUT2D eigenvalue weighted by atomic mass is 16.7. The molecule has 0 saturated carbocycles. The number of methoxy groups -OCH3 is 2. The maximum atomic E-state index is 11.2. The van der Waals surface area contributed by atoms with Gasteiger partial charge < -0.3 is 23.7 Å². The van der Waals surface area contributed by atoms with Gasteiger partial charge in [0.25, 0.3) is 0 Å². The Morgan fingerprint density at radius 2 is 2.05 bits per heavy atom. The van der Waals surface area contributed by atoms with Crippen LogP contribution >= 0.6 is 0 Å². The van der Waals surface area contributed by atoms with Gasteiger partial charge in [-0.15, -0.1) is 6.42 Å². The number of benzene rings is 1. The summed E-state index contributed by atoms with van der Waals surface area (Å²) in [4.78, 5) is 11.2. The standard InChI is InChI=1S/C15H16O5/c1-4-15(18-3)12(10-16)20-14(13(15)17-2)19-11-8-6-5-7-9-11/h1,5-10,12-14H,2-3H3/t12-,13+,14+,15-/m1/s1. The van der Waals surface area contributed by atoms with Crippen molar-refractivity contribution in [1.82, 2.24) is 0 Å². The first-order chi connectivity index (χ1) is 9.71. The lowest BCUT2D eigenvalue weighted by molar-refractivity contribution is -0.135. The number of aldehydes is 1. The molecule has 0 spiro atoms. The van der Waals surface area contributed by atoms with Gasteiger partial charge in [0.2, 0.25) is 6.29 Å². The Morgan fingerprint density at radius 1 is 1.35 bits per heavy atom. The average Bonchev–Trinajstić information content (AvgIpc) is 2.81. The fourth-order valence-corrected chi connectivity index (χ4v) is 2.28. The topological polar surface area (TPSA) is 54.0 Å².